The molecule has 0 saturated heterocycles. The minimum Gasteiger partial charge on any atom is -0.484 e. The third kappa shape index (κ3) is 6.42. The molecule has 3 rings (SSSR count). The first-order valence-electron chi connectivity index (χ1n) is 10.2. The summed E-state index contributed by atoms with van der Waals surface area (Å²) in [4.78, 5) is 23.5. The molecule has 0 atom stereocenters. The third-order valence-electron chi connectivity index (χ3n) is 4.67. The predicted octanol–water partition coefficient (Wildman–Crippen LogP) is 2.20. The lowest BCUT2D eigenvalue weighted by molar-refractivity contribution is -0.120. The fourth-order valence-corrected chi connectivity index (χ4v) is 4.52. The number of hydrazone groups is 1. The predicted molar refractivity (Wildman–Crippen MR) is 129 cm³/mol. The molecule has 10 heteroatoms. The summed E-state index contributed by atoms with van der Waals surface area (Å²) >= 11 is 0. The van der Waals surface area contributed by atoms with Crippen molar-refractivity contribution in [2.75, 3.05) is 17.5 Å². The summed E-state index contributed by atoms with van der Waals surface area (Å²) in [5.74, 6) is -0.734. The molecule has 0 aliphatic carbocycles. The van der Waals surface area contributed by atoms with E-state index in [0.717, 1.165) is 4.31 Å². The summed E-state index contributed by atoms with van der Waals surface area (Å²) in [7, 11) is -3.99. The molecule has 176 valence electrons. The molecule has 3 aromatic carbocycles. The highest BCUT2D eigenvalue weighted by Crippen LogP contribution is 2.26. The van der Waals surface area contributed by atoms with Crippen molar-refractivity contribution < 1.29 is 22.7 Å². The number of amides is 2. The number of nitrogens with zero attached hydrogens (tertiary/aromatic N) is 2. The first-order valence-corrected chi connectivity index (χ1v) is 11.7. The van der Waals surface area contributed by atoms with Crippen LogP contribution in [0.15, 0.2) is 88.9 Å². The van der Waals surface area contributed by atoms with E-state index in [4.69, 9.17) is 10.5 Å². The van der Waals surface area contributed by atoms with E-state index in [1.807, 2.05) is 0 Å². The molecule has 0 heterocycles. The molecule has 9 nitrogen and oxygen atoms in total. The van der Waals surface area contributed by atoms with Crippen LogP contribution in [-0.4, -0.2) is 39.6 Å². The number of para-hydroxylation sites is 1. The van der Waals surface area contributed by atoms with Gasteiger partial charge in [0.25, 0.3) is 21.8 Å². The number of hydrogen-bond acceptors (Lipinski definition) is 6. The molecule has 3 aromatic rings. The van der Waals surface area contributed by atoms with Crippen LogP contribution in [0, 0.1) is 6.92 Å². The van der Waals surface area contributed by atoms with Gasteiger partial charge < -0.3 is 10.5 Å². The standard InChI is InChI=1S/C24H24N4O5S/c1-18-7-5-6-10-22(18)28(34(31,32)21-8-3-2-4-9-21)16-24(30)27-26-15-19-11-13-20(14-12-19)33-17-23(25)29/h2-15H,16-17H2,1H3,(H2,25,29)(H,27,30)/b26-15-. The second-order valence-electron chi connectivity index (χ2n) is 7.23. The molecule has 0 aliphatic rings. The number of carbonyl (C=O) groups is 2. The zero-order valence-electron chi connectivity index (χ0n) is 18.4. The summed E-state index contributed by atoms with van der Waals surface area (Å²) in [6.07, 6.45) is 1.40. The maximum atomic E-state index is 13.3. The van der Waals surface area contributed by atoms with Gasteiger partial charge in [0.1, 0.15) is 12.3 Å². The number of sulfonamides is 1. The van der Waals surface area contributed by atoms with E-state index in [0.29, 0.717) is 22.6 Å². The van der Waals surface area contributed by atoms with E-state index >= 15 is 0 Å². The monoisotopic (exact) mass is 480 g/mol. The molecular formula is C24H24N4O5S. The van der Waals surface area contributed by atoms with Gasteiger partial charge in [-0.2, -0.15) is 5.10 Å². The van der Waals surface area contributed by atoms with Crippen molar-refractivity contribution in [1.82, 2.24) is 5.43 Å². The summed E-state index contributed by atoms with van der Waals surface area (Å²) in [6, 6.07) is 21.4. The number of benzene rings is 3. The lowest BCUT2D eigenvalue weighted by atomic mass is 10.2. The molecule has 0 aliphatic heterocycles. The molecule has 0 aromatic heterocycles. The van der Waals surface area contributed by atoms with E-state index in [-0.39, 0.29) is 11.5 Å². The lowest BCUT2D eigenvalue weighted by Gasteiger charge is -2.25. The third-order valence-corrected chi connectivity index (χ3v) is 6.44. The van der Waals surface area contributed by atoms with Crippen molar-refractivity contribution in [3.8, 4) is 5.75 Å². The summed E-state index contributed by atoms with van der Waals surface area (Å²) in [5.41, 5.74) is 9.16. The van der Waals surface area contributed by atoms with Crippen LogP contribution >= 0.6 is 0 Å². The molecule has 0 bridgehead atoms. The Balaban J connectivity index is 1.72. The zero-order valence-corrected chi connectivity index (χ0v) is 19.2. The van der Waals surface area contributed by atoms with Crippen LogP contribution in [0.1, 0.15) is 11.1 Å². The number of primary amides is 1. The Morgan fingerprint density at radius 2 is 1.65 bits per heavy atom. The van der Waals surface area contributed by atoms with Crippen molar-refractivity contribution in [1.29, 1.82) is 0 Å². The number of rotatable bonds is 10. The summed E-state index contributed by atoms with van der Waals surface area (Å²) in [6.45, 7) is 1.09. The largest absolute Gasteiger partial charge is 0.484 e. The highest BCUT2D eigenvalue weighted by molar-refractivity contribution is 7.92. The van der Waals surface area contributed by atoms with E-state index in [1.165, 1.54) is 18.3 Å². The maximum Gasteiger partial charge on any atom is 0.264 e. The number of nitrogens with two attached hydrogens (primary N) is 1. The minimum absolute atomic E-state index is 0.0770. The van der Waals surface area contributed by atoms with Gasteiger partial charge in [-0.1, -0.05) is 36.4 Å². The van der Waals surface area contributed by atoms with Crippen molar-refractivity contribution in [2.45, 2.75) is 11.8 Å². The molecular weight excluding hydrogens is 456 g/mol. The molecule has 3 N–H and O–H groups in total. The number of nitrogens with one attached hydrogen (secondary N) is 1. The number of hydrogen-bond donors (Lipinski definition) is 2. The van der Waals surface area contributed by atoms with Gasteiger partial charge in [0, 0.05) is 0 Å². The Kier molecular flexibility index (Phi) is 7.99. The van der Waals surface area contributed by atoms with Crippen LogP contribution in [0.3, 0.4) is 0 Å². The second-order valence-corrected chi connectivity index (χ2v) is 9.09. The fraction of sp³-hybridized carbons (Fsp3) is 0.125. The molecule has 2 amide bonds. The number of aryl methyl sites for hydroxylation is 1. The van der Waals surface area contributed by atoms with Crippen LogP contribution in [-0.2, 0) is 19.6 Å². The van der Waals surface area contributed by atoms with Gasteiger partial charge in [0.05, 0.1) is 16.8 Å². The van der Waals surface area contributed by atoms with Crippen molar-refractivity contribution in [3.63, 3.8) is 0 Å². The molecule has 0 radical (unpaired) electrons. The number of ether oxygens (including phenoxy) is 1. The quantitative estimate of drug-likeness (QED) is 0.339. The number of carbonyl (C=O) groups excluding carboxylic acids is 2. The first-order chi connectivity index (χ1) is 16.3. The van der Waals surface area contributed by atoms with E-state index < -0.39 is 28.4 Å². The molecule has 0 fully saturated rings. The summed E-state index contributed by atoms with van der Waals surface area (Å²) in [5, 5.41) is 3.91. The molecule has 0 saturated carbocycles. The van der Waals surface area contributed by atoms with Crippen molar-refractivity contribution in [2.24, 2.45) is 10.8 Å². The minimum atomic E-state index is -3.99. The molecule has 0 unspecified atom stereocenters. The van der Waals surface area contributed by atoms with Gasteiger partial charge in [0.15, 0.2) is 6.61 Å². The average Bonchev–Trinajstić information content (AvgIpc) is 2.83. The SMILES string of the molecule is Cc1ccccc1N(CC(=O)N/N=C\c1ccc(OCC(N)=O)cc1)S(=O)(=O)c1ccccc1. The summed E-state index contributed by atoms with van der Waals surface area (Å²) < 4.78 is 32.9. The van der Waals surface area contributed by atoms with Gasteiger partial charge in [0.2, 0.25) is 0 Å². The topological polar surface area (TPSA) is 131 Å². The first kappa shape index (κ1) is 24.5. The van der Waals surface area contributed by atoms with Crippen LogP contribution in [0.25, 0.3) is 0 Å². The lowest BCUT2D eigenvalue weighted by Crippen LogP contribution is -2.40. The van der Waals surface area contributed by atoms with Crippen LogP contribution in [0.2, 0.25) is 0 Å². The highest BCUT2D eigenvalue weighted by Gasteiger charge is 2.27. The van der Waals surface area contributed by atoms with Crippen LogP contribution < -0.4 is 20.2 Å². The maximum absolute atomic E-state index is 13.3. The van der Waals surface area contributed by atoms with Gasteiger partial charge >= 0.3 is 0 Å². The van der Waals surface area contributed by atoms with Crippen molar-refractivity contribution >= 4 is 33.7 Å². The normalized spacial score (nSPS) is 11.2. The fourth-order valence-electron chi connectivity index (χ4n) is 3.01. The van der Waals surface area contributed by atoms with Gasteiger partial charge in [-0.15, -0.1) is 0 Å². The van der Waals surface area contributed by atoms with Gasteiger partial charge in [-0.25, -0.2) is 13.8 Å². The van der Waals surface area contributed by atoms with E-state index in [2.05, 4.69) is 10.5 Å². The average molecular weight is 481 g/mol. The van der Waals surface area contributed by atoms with Gasteiger partial charge in [-0.05, 0) is 60.5 Å². The number of anilines is 1. The zero-order chi connectivity index (χ0) is 24.6. The molecule has 34 heavy (non-hydrogen) atoms. The Bertz CT molecular complexity index is 1280. The second kappa shape index (κ2) is 11.1. The highest BCUT2D eigenvalue weighted by atomic mass is 32.2. The Morgan fingerprint density at radius 1 is 1.00 bits per heavy atom. The molecule has 0 spiro atoms. The van der Waals surface area contributed by atoms with Crippen LogP contribution in [0.4, 0.5) is 5.69 Å². The Hall–Kier alpha value is -4.18. The van der Waals surface area contributed by atoms with Gasteiger partial charge in [-0.3, -0.25) is 13.9 Å². The van der Waals surface area contributed by atoms with E-state index in [9.17, 15) is 18.0 Å². The van der Waals surface area contributed by atoms with Crippen molar-refractivity contribution in [3.05, 3.63) is 90.0 Å². The Morgan fingerprint density at radius 3 is 2.29 bits per heavy atom. The van der Waals surface area contributed by atoms with E-state index in [1.54, 1.807) is 73.7 Å². The smallest absolute Gasteiger partial charge is 0.264 e. The van der Waals surface area contributed by atoms with Crippen LogP contribution in [0.5, 0.6) is 5.75 Å². The Labute approximate surface area is 197 Å².